The quantitative estimate of drug-likeness (QED) is 0.491. The molecule has 1 aromatic carbocycles. The van der Waals surface area contributed by atoms with Crippen LogP contribution in [0.3, 0.4) is 0 Å². The molecular weight excluding hydrogens is 390 g/mol. The fourth-order valence-corrected chi connectivity index (χ4v) is 4.44. The minimum Gasteiger partial charge on any atom is -0.272 e. The Kier molecular flexibility index (Phi) is 4.03. The minimum atomic E-state index is -0.737. The van der Waals surface area contributed by atoms with E-state index in [9.17, 15) is 28.8 Å². The van der Waals surface area contributed by atoms with Crippen LogP contribution in [0.5, 0.6) is 0 Å². The Morgan fingerprint density at radius 3 is 0.600 bits per heavy atom. The zero-order valence-corrected chi connectivity index (χ0v) is 17.5. The van der Waals surface area contributed by atoms with E-state index in [-0.39, 0.29) is 32.3 Å². The van der Waals surface area contributed by atoms with Crippen molar-refractivity contribution in [3.63, 3.8) is 0 Å². The van der Waals surface area contributed by atoms with E-state index in [1.165, 1.54) is 0 Å². The van der Waals surface area contributed by atoms with Gasteiger partial charge in [0.15, 0.2) is 0 Å². The lowest BCUT2D eigenvalue weighted by Gasteiger charge is -2.02. The van der Waals surface area contributed by atoms with Gasteiger partial charge in [0, 0.05) is 18.1 Å². The summed E-state index contributed by atoms with van der Waals surface area (Å²) in [6.45, 7) is 9.77. The highest BCUT2D eigenvalue weighted by atomic mass is 16.2. The summed E-state index contributed by atoms with van der Waals surface area (Å²) in [5, 5.41) is -1.52. The zero-order chi connectivity index (χ0) is 22.4. The highest BCUT2D eigenvalue weighted by molar-refractivity contribution is 6.25. The maximum Gasteiger partial charge on any atom is 0.262 e. The standard InChI is InChI=1S/C21H21N3O6/c1-7(2)22-16(25)10-11(17(22)26)13-15(21(30)24(9(5)6)19(13)28)14-12(10)18(27)23(8(3)4)20(14)29/h7-9H,1-6H3. The lowest BCUT2D eigenvalue weighted by molar-refractivity contribution is 0.572. The van der Waals surface area contributed by atoms with Crippen molar-refractivity contribution in [1.82, 2.24) is 13.7 Å². The Morgan fingerprint density at radius 1 is 0.367 bits per heavy atom. The minimum absolute atomic E-state index is 0.254. The van der Waals surface area contributed by atoms with Crippen LogP contribution in [0.2, 0.25) is 0 Å². The Labute approximate surface area is 168 Å². The van der Waals surface area contributed by atoms with E-state index in [0.29, 0.717) is 0 Å². The third kappa shape index (κ3) is 2.12. The number of fused-ring (bicyclic) bond motifs is 6. The van der Waals surface area contributed by atoms with Gasteiger partial charge in [-0.2, -0.15) is 0 Å². The number of hydrogen-bond acceptors (Lipinski definition) is 6. The Hall–Kier alpha value is -3.36. The monoisotopic (exact) mass is 411 g/mol. The van der Waals surface area contributed by atoms with E-state index in [1.807, 2.05) is 0 Å². The molecule has 0 amide bonds. The third-order valence-corrected chi connectivity index (χ3v) is 5.65. The molecule has 0 saturated carbocycles. The zero-order valence-electron chi connectivity index (χ0n) is 17.5. The van der Waals surface area contributed by atoms with Crippen LogP contribution in [0.15, 0.2) is 28.8 Å². The average molecular weight is 411 g/mol. The highest BCUT2D eigenvalue weighted by Gasteiger charge is 2.31. The van der Waals surface area contributed by atoms with Gasteiger partial charge >= 0.3 is 0 Å². The average Bonchev–Trinajstić information content (AvgIpc) is 3.14. The maximum atomic E-state index is 13.2. The molecule has 0 saturated heterocycles. The van der Waals surface area contributed by atoms with Gasteiger partial charge in [-0.3, -0.25) is 42.5 Å². The summed E-state index contributed by atoms with van der Waals surface area (Å²) in [6.07, 6.45) is 0. The van der Waals surface area contributed by atoms with E-state index in [2.05, 4.69) is 0 Å². The maximum absolute atomic E-state index is 13.2. The van der Waals surface area contributed by atoms with Crippen LogP contribution >= 0.6 is 0 Å². The summed E-state index contributed by atoms with van der Waals surface area (Å²) in [7, 11) is 0. The van der Waals surface area contributed by atoms with Crippen LogP contribution in [-0.4, -0.2) is 13.7 Å². The molecular formula is C21H21N3O6. The van der Waals surface area contributed by atoms with Gasteiger partial charge < -0.3 is 0 Å². The second kappa shape index (κ2) is 6.07. The molecule has 0 aliphatic heterocycles. The van der Waals surface area contributed by atoms with E-state index >= 15 is 0 Å². The van der Waals surface area contributed by atoms with E-state index < -0.39 is 51.5 Å². The van der Waals surface area contributed by atoms with Gasteiger partial charge in [0.2, 0.25) is 0 Å². The molecule has 30 heavy (non-hydrogen) atoms. The van der Waals surface area contributed by atoms with Gasteiger partial charge in [-0.1, -0.05) is 0 Å². The fraction of sp³-hybridized carbons (Fsp3) is 0.429. The van der Waals surface area contributed by atoms with Crippen molar-refractivity contribution in [1.29, 1.82) is 0 Å². The first kappa shape index (κ1) is 19.9. The second-order valence-corrected chi connectivity index (χ2v) is 8.47. The van der Waals surface area contributed by atoms with Crippen molar-refractivity contribution < 1.29 is 0 Å². The predicted octanol–water partition coefficient (Wildman–Crippen LogP) is 0.768. The summed E-state index contributed by atoms with van der Waals surface area (Å²) in [5.74, 6) is 0. The van der Waals surface area contributed by atoms with Crippen molar-refractivity contribution in [2.45, 2.75) is 59.7 Å². The third-order valence-electron chi connectivity index (χ3n) is 5.65. The molecule has 0 unspecified atom stereocenters. The molecule has 156 valence electrons. The summed E-state index contributed by atoms with van der Waals surface area (Å²) in [4.78, 5) is 78.9. The second-order valence-electron chi connectivity index (χ2n) is 8.47. The Morgan fingerprint density at radius 2 is 0.500 bits per heavy atom. The molecule has 0 fully saturated rings. The van der Waals surface area contributed by atoms with Gasteiger partial charge in [0.25, 0.3) is 33.4 Å². The molecule has 0 bridgehead atoms. The molecule has 3 aromatic heterocycles. The Bertz CT molecular complexity index is 1350. The number of rotatable bonds is 3. The molecule has 0 N–H and O–H groups in total. The van der Waals surface area contributed by atoms with Crippen LogP contribution in [0.1, 0.15) is 59.7 Å². The van der Waals surface area contributed by atoms with Gasteiger partial charge in [0.05, 0.1) is 32.3 Å². The summed E-state index contributed by atoms with van der Waals surface area (Å²) in [5.41, 5.74) is -4.42. The largest absolute Gasteiger partial charge is 0.272 e. The Balaban J connectivity index is 2.61. The number of aromatic nitrogens is 3. The van der Waals surface area contributed by atoms with Crippen molar-refractivity contribution in [3.8, 4) is 0 Å². The SMILES string of the molecule is CC(C)n1c(=O)c2c3c(=O)n(C(C)C)c(=O)c3c3c(=O)n(C(C)C)c(=O)c3c2c1=O. The van der Waals surface area contributed by atoms with Gasteiger partial charge in [-0.05, 0) is 41.5 Å². The highest BCUT2D eigenvalue weighted by Crippen LogP contribution is 2.27. The molecule has 0 radical (unpaired) electrons. The molecule has 0 spiro atoms. The lowest BCUT2D eigenvalue weighted by Crippen LogP contribution is -2.28. The first-order valence-corrected chi connectivity index (χ1v) is 9.81. The number of benzene rings is 1. The lowest BCUT2D eigenvalue weighted by atomic mass is 10.0. The molecule has 0 aliphatic carbocycles. The number of nitrogens with zero attached hydrogens (tertiary/aromatic N) is 3. The van der Waals surface area contributed by atoms with Crippen LogP contribution in [0, 0.1) is 0 Å². The molecule has 4 rings (SSSR count). The van der Waals surface area contributed by atoms with Gasteiger partial charge in [-0.15, -0.1) is 0 Å². The fourth-order valence-electron chi connectivity index (χ4n) is 4.44. The van der Waals surface area contributed by atoms with E-state index in [0.717, 1.165) is 13.7 Å². The molecule has 9 heteroatoms. The summed E-state index contributed by atoms with van der Waals surface area (Å²) in [6, 6.07) is -1.61. The topological polar surface area (TPSA) is 117 Å². The first-order valence-electron chi connectivity index (χ1n) is 9.81. The van der Waals surface area contributed by atoms with E-state index in [1.54, 1.807) is 41.5 Å². The van der Waals surface area contributed by atoms with Crippen LogP contribution in [-0.2, 0) is 0 Å². The molecule has 0 aliphatic rings. The molecule has 3 heterocycles. The predicted molar refractivity (Wildman–Crippen MR) is 115 cm³/mol. The molecule has 0 atom stereocenters. The number of hydrogen-bond donors (Lipinski definition) is 0. The van der Waals surface area contributed by atoms with E-state index in [4.69, 9.17) is 0 Å². The van der Waals surface area contributed by atoms with Crippen molar-refractivity contribution >= 4 is 32.3 Å². The normalized spacial score (nSPS) is 12.7. The summed E-state index contributed by atoms with van der Waals surface area (Å²) >= 11 is 0. The molecule has 9 nitrogen and oxygen atoms in total. The van der Waals surface area contributed by atoms with Crippen LogP contribution in [0.4, 0.5) is 0 Å². The van der Waals surface area contributed by atoms with Gasteiger partial charge in [0.1, 0.15) is 0 Å². The van der Waals surface area contributed by atoms with Crippen molar-refractivity contribution in [2.24, 2.45) is 0 Å². The first-order chi connectivity index (χ1) is 13.9. The van der Waals surface area contributed by atoms with Crippen LogP contribution < -0.4 is 33.4 Å². The van der Waals surface area contributed by atoms with Crippen molar-refractivity contribution in [2.75, 3.05) is 0 Å². The smallest absolute Gasteiger partial charge is 0.262 e. The van der Waals surface area contributed by atoms with Crippen LogP contribution in [0.25, 0.3) is 32.3 Å². The summed E-state index contributed by atoms with van der Waals surface area (Å²) < 4.78 is 2.87. The van der Waals surface area contributed by atoms with Gasteiger partial charge in [-0.25, -0.2) is 0 Å². The molecule has 4 aromatic rings. The van der Waals surface area contributed by atoms with Crippen molar-refractivity contribution in [3.05, 3.63) is 62.1 Å².